The van der Waals surface area contributed by atoms with Gasteiger partial charge < -0.3 is 9.47 Å². The zero-order valence-electron chi connectivity index (χ0n) is 17.1. The van der Waals surface area contributed by atoms with E-state index in [1.54, 1.807) is 12.0 Å². The number of amides is 1. The number of hydrogen-bond acceptors (Lipinski definition) is 8. The molecule has 4 aromatic rings. The molecule has 31 heavy (non-hydrogen) atoms. The molecule has 0 N–H and O–H groups in total. The van der Waals surface area contributed by atoms with E-state index < -0.39 is 0 Å². The quantitative estimate of drug-likeness (QED) is 0.440. The molecule has 0 saturated carbocycles. The minimum absolute atomic E-state index is 0.111. The van der Waals surface area contributed by atoms with Gasteiger partial charge >= 0.3 is 0 Å². The van der Waals surface area contributed by atoms with Gasteiger partial charge in [-0.2, -0.15) is 0 Å². The van der Waals surface area contributed by atoms with Crippen molar-refractivity contribution in [1.29, 1.82) is 0 Å². The minimum Gasteiger partial charge on any atom is -0.497 e. The summed E-state index contributed by atoms with van der Waals surface area (Å²) in [6.07, 6.45) is 0. The number of morpholine rings is 1. The molecule has 1 fully saturated rings. The molecule has 1 aliphatic heterocycles. The molecular weight excluding hydrogens is 432 g/mol. The Morgan fingerprint density at radius 1 is 1.10 bits per heavy atom. The number of para-hydroxylation sites is 1. The van der Waals surface area contributed by atoms with Crippen LogP contribution in [0.4, 0.5) is 5.13 Å². The number of hydrogen-bond donors (Lipinski definition) is 0. The van der Waals surface area contributed by atoms with Crippen LogP contribution < -0.4 is 9.64 Å². The number of rotatable bonds is 6. The summed E-state index contributed by atoms with van der Waals surface area (Å²) in [5.74, 6) is 0.641. The van der Waals surface area contributed by atoms with Gasteiger partial charge in [-0.15, -0.1) is 11.3 Å². The van der Waals surface area contributed by atoms with Crippen LogP contribution in [0.1, 0.15) is 9.80 Å². The van der Waals surface area contributed by atoms with Gasteiger partial charge in [0.05, 0.1) is 40.8 Å². The Balaban J connectivity index is 1.47. The molecule has 0 bridgehead atoms. The Morgan fingerprint density at radius 3 is 2.71 bits per heavy atom. The molecule has 0 unspecified atom stereocenters. The second-order valence-corrected chi connectivity index (χ2v) is 9.27. The average molecular weight is 455 g/mol. The molecule has 1 aliphatic rings. The van der Waals surface area contributed by atoms with Crippen LogP contribution in [-0.2, 0) is 4.74 Å². The lowest BCUT2D eigenvalue weighted by atomic mass is 10.3. The normalized spacial score (nSPS) is 14.9. The number of nitrogens with zero attached hydrogens (tertiary/aromatic N) is 4. The van der Waals surface area contributed by atoms with Crippen LogP contribution in [0.2, 0.25) is 0 Å². The van der Waals surface area contributed by atoms with Crippen LogP contribution in [0.5, 0.6) is 5.75 Å². The van der Waals surface area contributed by atoms with Crippen molar-refractivity contribution in [1.82, 2.24) is 14.9 Å². The fourth-order valence-corrected chi connectivity index (χ4v) is 5.45. The van der Waals surface area contributed by atoms with E-state index in [-0.39, 0.29) is 5.91 Å². The van der Waals surface area contributed by atoms with Gasteiger partial charge in [-0.1, -0.05) is 23.5 Å². The third-order valence-electron chi connectivity index (χ3n) is 5.28. The van der Waals surface area contributed by atoms with Gasteiger partial charge in [-0.3, -0.25) is 14.6 Å². The third-order valence-corrected chi connectivity index (χ3v) is 7.36. The fraction of sp³-hybridized carbons (Fsp3) is 0.318. The highest BCUT2D eigenvalue weighted by Crippen LogP contribution is 2.33. The van der Waals surface area contributed by atoms with Crippen LogP contribution in [0, 0.1) is 0 Å². The number of ether oxygens (including phenoxy) is 2. The maximum absolute atomic E-state index is 13.6. The number of benzene rings is 2. The van der Waals surface area contributed by atoms with Crippen molar-refractivity contribution < 1.29 is 14.3 Å². The van der Waals surface area contributed by atoms with Gasteiger partial charge in [-0.05, 0) is 24.3 Å². The first-order valence-corrected chi connectivity index (χ1v) is 11.8. The van der Waals surface area contributed by atoms with E-state index in [4.69, 9.17) is 14.5 Å². The smallest absolute Gasteiger partial charge is 0.289 e. The Morgan fingerprint density at radius 2 is 1.90 bits per heavy atom. The first-order chi connectivity index (χ1) is 15.2. The Hall–Kier alpha value is -2.59. The van der Waals surface area contributed by atoms with Crippen molar-refractivity contribution in [2.24, 2.45) is 0 Å². The molecule has 2 aromatic carbocycles. The van der Waals surface area contributed by atoms with Crippen molar-refractivity contribution in [3.63, 3.8) is 0 Å². The molecule has 5 rings (SSSR count). The Bertz CT molecular complexity index is 1180. The predicted molar refractivity (Wildman–Crippen MR) is 125 cm³/mol. The van der Waals surface area contributed by atoms with Crippen molar-refractivity contribution >= 4 is 54.1 Å². The molecule has 1 amide bonds. The topological polar surface area (TPSA) is 67.8 Å². The molecule has 0 aliphatic carbocycles. The zero-order chi connectivity index (χ0) is 21.2. The van der Waals surface area contributed by atoms with Gasteiger partial charge in [-0.25, -0.2) is 9.97 Å². The van der Waals surface area contributed by atoms with Gasteiger partial charge in [0.15, 0.2) is 10.1 Å². The highest BCUT2D eigenvalue weighted by atomic mass is 32.1. The van der Waals surface area contributed by atoms with E-state index >= 15 is 0 Å². The first-order valence-electron chi connectivity index (χ1n) is 10.1. The van der Waals surface area contributed by atoms with Crippen molar-refractivity contribution in [3.05, 3.63) is 47.5 Å². The molecule has 160 valence electrons. The first kappa shape index (κ1) is 20.3. The minimum atomic E-state index is -0.111. The van der Waals surface area contributed by atoms with E-state index in [1.165, 1.54) is 22.7 Å². The second-order valence-electron chi connectivity index (χ2n) is 7.23. The molecule has 0 radical (unpaired) electrons. The van der Waals surface area contributed by atoms with E-state index in [2.05, 4.69) is 9.88 Å². The summed E-state index contributed by atoms with van der Waals surface area (Å²) in [6, 6.07) is 13.6. The second kappa shape index (κ2) is 8.88. The lowest BCUT2D eigenvalue weighted by molar-refractivity contribution is 0.0391. The van der Waals surface area contributed by atoms with Crippen molar-refractivity contribution in [2.45, 2.75) is 0 Å². The van der Waals surface area contributed by atoms with E-state index in [0.29, 0.717) is 16.7 Å². The fourth-order valence-electron chi connectivity index (χ4n) is 3.57. The average Bonchev–Trinajstić information content (AvgIpc) is 3.43. The largest absolute Gasteiger partial charge is 0.497 e. The van der Waals surface area contributed by atoms with Crippen LogP contribution in [0.15, 0.2) is 42.5 Å². The molecule has 1 saturated heterocycles. The Labute approximate surface area is 187 Å². The number of aromatic nitrogens is 2. The molecule has 0 atom stereocenters. The van der Waals surface area contributed by atoms with E-state index in [1.807, 2.05) is 42.5 Å². The summed E-state index contributed by atoms with van der Waals surface area (Å²) in [7, 11) is 1.64. The van der Waals surface area contributed by atoms with Gasteiger partial charge in [0.2, 0.25) is 0 Å². The highest BCUT2D eigenvalue weighted by molar-refractivity contribution is 7.23. The van der Waals surface area contributed by atoms with Gasteiger partial charge in [0.25, 0.3) is 5.91 Å². The maximum atomic E-state index is 13.6. The molecular formula is C22H22N4O3S2. The summed E-state index contributed by atoms with van der Waals surface area (Å²) in [4.78, 5) is 27.0. The number of fused-ring (bicyclic) bond motifs is 2. The van der Waals surface area contributed by atoms with Gasteiger partial charge in [0.1, 0.15) is 5.75 Å². The van der Waals surface area contributed by atoms with Crippen LogP contribution in [0.25, 0.3) is 20.4 Å². The van der Waals surface area contributed by atoms with Crippen LogP contribution >= 0.6 is 22.7 Å². The summed E-state index contributed by atoms with van der Waals surface area (Å²) in [6.45, 7) is 4.52. The number of methoxy groups -OCH3 is 1. The van der Waals surface area contributed by atoms with E-state index in [9.17, 15) is 4.79 Å². The summed E-state index contributed by atoms with van der Waals surface area (Å²) < 4.78 is 12.8. The maximum Gasteiger partial charge on any atom is 0.289 e. The SMILES string of the molecule is COc1ccc2sc(N(CCN3CCOCC3)C(=O)c3nc4ccccc4s3)nc2c1. The van der Waals surface area contributed by atoms with Gasteiger partial charge in [0, 0.05) is 32.2 Å². The molecule has 3 heterocycles. The number of carbonyl (C=O) groups excluding carboxylic acids is 1. The zero-order valence-corrected chi connectivity index (χ0v) is 18.7. The summed E-state index contributed by atoms with van der Waals surface area (Å²) in [5, 5.41) is 1.17. The molecule has 0 spiro atoms. The highest BCUT2D eigenvalue weighted by Gasteiger charge is 2.25. The molecule has 7 nitrogen and oxygen atoms in total. The summed E-state index contributed by atoms with van der Waals surface area (Å²) >= 11 is 2.94. The number of carbonyl (C=O) groups is 1. The third kappa shape index (κ3) is 4.27. The van der Waals surface area contributed by atoms with Crippen molar-refractivity contribution in [2.75, 3.05) is 51.4 Å². The number of anilines is 1. The number of thiazole rings is 2. The van der Waals surface area contributed by atoms with Crippen LogP contribution in [0.3, 0.4) is 0 Å². The van der Waals surface area contributed by atoms with Crippen molar-refractivity contribution in [3.8, 4) is 5.75 Å². The summed E-state index contributed by atoms with van der Waals surface area (Å²) in [5.41, 5.74) is 1.67. The van der Waals surface area contributed by atoms with Crippen LogP contribution in [-0.4, -0.2) is 67.3 Å². The predicted octanol–water partition coefficient (Wildman–Crippen LogP) is 3.89. The lowest BCUT2D eigenvalue weighted by Gasteiger charge is -2.28. The molecule has 2 aromatic heterocycles. The Kier molecular flexibility index (Phi) is 5.82. The standard InChI is InChI=1S/C22H22N4O3S2/c1-28-15-6-7-19-17(14-15)24-22(31-19)26(9-8-25-10-12-29-13-11-25)21(27)20-23-16-4-2-3-5-18(16)30-20/h2-7,14H,8-13H2,1H3. The molecule has 9 heteroatoms. The lowest BCUT2D eigenvalue weighted by Crippen LogP contribution is -2.43. The monoisotopic (exact) mass is 454 g/mol. The van der Waals surface area contributed by atoms with E-state index in [0.717, 1.165) is 59.0 Å².